The van der Waals surface area contributed by atoms with Gasteiger partial charge in [0.25, 0.3) is 0 Å². The van der Waals surface area contributed by atoms with Gasteiger partial charge in [-0.3, -0.25) is 4.99 Å². The molecule has 1 fully saturated rings. The molecule has 1 unspecified atom stereocenters. The molecule has 2 rings (SSSR count). The van der Waals surface area contributed by atoms with Gasteiger partial charge < -0.3 is 26.0 Å². The van der Waals surface area contributed by atoms with Crippen LogP contribution in [0.2, 0.25) is 0 Å². The molecule has 0 spiro atoms. The zero-order valence-corrected chi connectivity index (χ0v) is 11.9. The second kappa shape index (κ2) is 6.33. The number of amidine groups is 1. The fourth-order valence-corrected chi connectivity index (χ4v) is 2.83. The Bertz CT molecular complexity index is 490. The number of hydrogen-bond acceptors (Lipinski definition) is 8. The van der Waals surface area contributed by atoms with E-state index in [0.29, 0.717) is 5.70 Å². The highest BCUT2D eigenvalue weighted by Gasteiger charge is 2.48. The number of aliphatic hydroxyl groups excluding tert-OH is 3. The van der Waals surface area contributed by atoms with Crippen molar-refractivity contribution in [1.82, 2.24) is 4.90 Å². The van der Waals surface area contributed by atoms with Crippen LogP contribution in [0.3, 0.4) is 0 Å². The second-order valence-corrected chi connectivity index (χ2v) is 5.34. The maximum Gasteiger partial charge on any atom is 0.150 e. The van der Waals surface area contributed by atoms with Crippen molar-refractivity contribution in [3.8, 4) is 0 Å². The molecule has 5 atom stereocenters. The van der Waals surface area contributed by atoms with Crippen molar-refractivity contribution < 1.29 is 15.3 Å². The van der Waals surface area contributed by atoms with Crippen LogP contribution in [0.4, 0.5) is 0 Å². The molecule has 0 saturated heterocycles. The minimum atomic E-state index is -0.994. The van der Waals surface area contributed by atoms with Crippen molar-refractivity contribution in [3.63, 3.8) is 0 Å². The summed E-state index contributed by atoms with van der Waals surface area (Å²) in [5.74, 6) is -0.349. The highest BCUT2D eigenvalue weighted by Crippen LogP contribution is 2.35. The van der Waals surface area contributed by atoms with Gasteiger partial charge in [-0.25, -0.2) is 9.98 Å². The summed E-state index contributed by atoms with van der Waals surface area (Å²) in [7, 11) is 0. The fourth-order valence-electron chi connectivity index (χ4n) is 2.83. The zero-order valence-electron chi connectivity index (χ0n) is 11.9. The van der Waals surface area contributed by atoms with Gasteiger partial charge in [-0.05, 0) is 5.92 Å². The molecule has 0 aromatic rings. The Morgan fingerprint density at radius 1 is 1.43 bits per heavy atom. The van der Waals surface area contributed by atoms with Crippen LogP contribution >= 0.6 is 0 Å². The van der Waals surface area contributed by atoms with Crippen LogP contribution in [0.25, 0.3) is 0 Å². The molecule has 21 heavy (non-hydrogen) atoms. The average Bonchev–Trinajstić information content (AvgIpc) is 2.71. The highest BCUT2D eigenvalue weighted by atomic mass is 16.3. The van der Waals surface area contributed by atoms with Crippen LogP contribution in [-0.4, -0.2) is 70.3 Å². The van der Waals surface area contributed by atoms with E-state index in [4.69, 9.17) is 5.73 Å². The molecule has 1 aliphatic heterocycles. The van der Waals surface area contributed by atoms with Crippen LogP contribution in [0, 0.1) is 11.8 Å². The molecule has 8 nitrogen and oxygen atoms in total. The molecule has 8 heteroatoms. The summed E-state index contributed by atoms with van der Waals surface area (Å²) < 4.78 is 0. The van der Waals surface area contributed by atoms with Gasteiger partial charge in [0.05, 0.1) is 24.2 Å². The quantitative estimate of drug-likeness (QED) is 0.495. The van der Waals surface area contributed by atoms with Crippen LogP contribution in [0.1, 0.15) is 6.92 Å². The summed E-state index contributed by atoms with van der Waals surface area (Å²) in [6, 6.07) is -0.412. The third-order valence-electron chi connectivity index (χ3n) is 4.13. The Kier molecular flexibility index (Phi) is 4.71. The molecule has 0 aromatic carbocycles. The Hall–Kier alpha value is -1.77. The monoisotopic (exact) mass is 295 g/mol. The largest absolute Gasteiger partial charge is 0.396 e. The van der Waals surface area contributed by atoms with Crippen molar-refractivity contribution in [2.45, 2.75) is 25.2 Å². The average molecular weight is 295 g/mol. The first kappa shape index (κ1) is 15.6. The van der Waals surface area contributed by atoms with Crippen LogP contribution in [-0.2, 0) is 0 Å². The molecular formula is C13H21N5O3. The second-order valence-electron chi connectivity index (χ2n) is 5.34. The van der Waals surface area contributed by atoms with Crippen LogP contribution < -0.4 is 5.73 Å². The van der Waals surface area contributed by atoms with Crippen molar-refractivity contribution >= 4 is 18.5 Å². The van der Waals surface area contributed by atoms with Gasteiger partial charge in [-0.15, -0.1) is 0 Å². The number of aliphatic imine (C=N–C) groups is 3. The Labute approximate surface area is 123 Å². The lowest BCUT2D eigenvalue weighted by atomic mass is 9.95. The third-order valence-corrected chi connectivity index (χ3v) is 4.13. The first-order valence-corrected chi connectivity index (χ1v) is 6.75. The lowest BCUT2D eigenvalue weighted by molar-refractivity contribution is -0.00858. The van der Waals surface area contributed by atoms with Gasteiger partial charge in [0.2, 0.25) is 0 Å². The van der Waals surface area contributed by atoms with Crippen LogP contribution in [0.5, 0.6) is 0 Å². The van der Waals surface area contributed by atoms with Gasteiger partial charge in [0.1, 0.15) is 19.1 Å². The molecule has 1 aliphatic carbocycles. The molecular weight excluding hydrogens is 274 g/mol. The van der Waals surface area contributed by atoms with Gasteiger partial charge in [0, 0.05) is 12.5 Å². The van der Waals surface area contributed by atoms with Crippen molar-refractivity contribution in [3.05, 3.63) is 12.3 Å². The number of rotatable bonds is 2. The van der Waals surface area contributed by atoms with Gasteiger partial charge in [0.15, 0.2) is 5.84 Å². The lowest BCUT2D eigenvalue weighted by Crippen LogP contribution is -2.45. The van der Waals surface area contributed by atoms with E-state index in [-0.39, 0.29) is 30.9 Å². The number of nitrogens with zero attached hydrogens (tertiary/aromatic N) is 4. The summed E-state index contributed by atoms with van der Waals surface area (Å²) >= 11 is 0. The zero-order chi connectivity index (χ0) is 15.6. The summed E-state index contributed by atoms with van der Waals surface area (Å²) in [5.41, 5.74) is 5.94. The van der Waals surface area contributed by atoms with E-state index in [1.54, 1.807) is 4.90 Å². The molecule has 116 valence electrons. The smallest absolute Gasteiger partial charge is 0.150 e. The Morgan fingerprint density at radius 3 is 2.76 bits per heavy atom. The predicted molar refractivity (Wildman–Crippen MR) is 80.0 cm³/mol. The summed E-state index contributed by atoms with van der Waals surface area (Å²) in [6.07, 6.45) is 0.828. The van der Waals surface area contributed by atoms with E-state index in [0.717, 1.165) is 0 Å². The molecule has 2 aliphatic rings. The van der Waals surface area contributed by atoms with E-state index in [1.807, 2.05) is 6.92 Å². The van der Waals surface area contributed by atoms with Crippen LogP contribution in [0.15, 0.2) is 27.3 Å². The Balaban J connectivity index is 2.24. The standard InChI is InChI=1S/C13H21N5O3/c1-7-9(3-19)11(20)12(21)10(7)18-5-15-4-16-13(14)8(2)17-6-18/h4,6-7,9-12,19-21H,2-3,5H2,1H3,(H2,14,15,16)/b17-6-/t7?,9-,10+,11+,12-/m0/s1. The number of hydrogen-bond donors (Lipinski definition) is 4. The van der Waals surface area contributed by atoms with Gasteiger partial charge in [-0.1, -0.05) is 13.5 Å². The number of aliphatic hydroxyl groups is 3. The molecule has 0 aromatic heterocycles. The van der Waals surface area contributed by atoms with E-state index < -0.39 is 18.2 Å². The normalized spacial score (nSPS) is 42.7. The maximum atomic E-state index is 10.2. The topological polar surface area (TPSA) is 127 Å². The molecule has 0 radical (unpaired) electrons. The lowest BCUT2D eigenvalue weighted by Gasteiger charge is -2.31. The molecule has 0 bridgehead atoms. The summed E-state index contributed by atoms with van der Waals surface area (Å²) in [6.45, 7) is 5.58. The Morgan fingerprint density at radius 2 is 2.14 bits per heavy atom. The molecule has 0 amide bonds. The minimum Gasteiger partial charge on any atom is -0.396 e. The van der Waals surface area contributed by atoms with Gasteiger partial charge in [-0.2, -0.15) is 0 Å². The molecule has 5 N–H and O–H groups in total. The first-order valence-electron chi connectivity index (χ1n) is 6.75. The SMILES string of the molecule is C=C1/N=C\N([C@@H]2C(C)[C@H](CO)[C@@H](O)[C@H]2O)C/N=C\N=C/1N. The van der Waals surface area contributed by atoms with Crippen molar-refractivity contribution in [2.75, 3.05) is 13.3 Å². The summed E-state index contributed by atoms with van der Waals surface area (Å²) in [4.78, 5) is 13.8. The number of nitrogens with two attached hydrogens (primary N) is 1. The third kappa shape index (κ3) is 2.97. The van der Waals surface area contributed by atoms with E-state index in [9.17, 15) is 15.3 Å². The highest BCUT2D eigenvalue weighted by molar-refractivity contribution is 6.01. The molecule has 1 heterocycles. The summed E-state index contributed by atoms with van der Waals surface area (Å²) in [5, 5.41) is 29.6. The fraction of sp³-hybridized carbons (Fsp3) is 0.615. The van der Waals surface area contributed by atoms with Gasteiger partial charge >= 0.3 is 0 Å². The first-order chi connectivity index (χ1) is 9.97. The van der Waals surface area contributed by atoms with Crippen molar-refractivity contribution in [1.29, 1.82) is 0 Å². The van der Waals surface area contributed by atoms with Crippen molar-refractivity contribution in [2.24, 2.45) is 32.5 Å². The van der Waals surface area contributed by atoms with E-state index in [2.05, 4.69) is 21.6 Å². The molecule has 1 saturated carbocycles. The van der Waals surface area contributed by atoms with E-state index in [1.165, 1.54) is 12.7 Å². The predicted octanol–water partition coefficient (Wildman–Crippen LogP) is -1.46. The maximum absolute atomic E-state index is 10.2. The minimum absolute atomic E-state index is 0.131. The van der Waals surface area contributed by atoms with E-state index >= 15 is 0 Å².